The molecule has 32 heavy (non-hydrogen) atoms. The van der Waals surface area contributed by atoms with E-state index in [9.17, 15) is 4.39 Å². The van der Waals surface area contributed by atoms with Crippen LogP contribution in [0.3, 0.4) is 0 Å². The van der Waals surface area contributed by atoms with Gasteiger partial charge in [-0.1, -0.05) is 17.7 Å². The van der Waals surface area contributed by atoms with Crippen LogP contribution in [0.1, 0.15) is 22.5 Å². The van der Waals surface area contributed by atoms with Gasteiger partial charge in [-0.05, 0) is 54.8 Å². The standard InChI is InChI=1S/C23H20ClFN4O3/c1-14-7-17(8-15(2)22(14)24)30-6-5-29(23-18(25)11-27-21(10-26)28-23)12-16-3-4-19-20(9-16)32-13-31-19/h3-4,7-9,11H,5-6,12-13H2,1-2H3. The van der Waals surface area contributed by atoms with Crippen LogP contribution in [0.25, 0.3) is 0 Å². The molecule has 0 bridgehead atoms. The smallest absolute Gasteiger partial charge is 0.234 e. The molecule has 2 aromatic carbocycles. The highest BCUT2D eigenvalue weighted by Gasteiger charge is 2.19. The van der Waals surface area contributed by atoms with Crippen molar-refractivity contribution in [2.24, 2.45) is 0 Å². The summed E-state index contributed by atoms with van der Waals surface area (Å²) in [4.78, 5) is 9.47. The Labute approximate surface area is 189 Å². The van der Waals surface area contributed by atoms with E-state index < -0.39 is 5.82 Å². The van der Waals surface area contributed by atoms with Gasteiger partial charge in [0, 0.05) is 11.6 Å². The zero-order chi connectivity index (χ0) is 22.7. The van der Waals surface area contributed by atoms with Crippen LogP contribution in [0.5, 0.6) is 17.2 Å². The first-order valence-corrected chi connectivity index (χ1v) is 10.3. The van der Waals surface area contributed by atoms with Crippen molar-refractivity contribution in [1.82, 2.24) is 9.97 Å². The Balaban J connectivity index is 1.56. The number of nitriles is 1. The quantitative estimate of drug-likeness (QED) is 0.517. The van der Waals surface area contributed by atoms with Crippen molar-refractivity contribution in [2.75, 3.05) is 24.8 Å². The molecule has 2 heterocycles. The van der Waals surface area contributed by atoms with E-state index in [1.807, 2.05) is 50.2 Å². The van der Waals surface area contributed by atoms with E-state index in [1.165, 1.54) is 0 Å². The lowest BCUT2D eigenvalue weighted by molar-refractivity contribution is 0.174. The van der Waals surface area contributed by atoms with E-state index in [0.29, 0.717) is 35.4 Å². The highest BCUT2D eigenvalue weighted by atomic mass is 35.5. The number of ether oxygens (including phenoxy) is 3. The van der Waals surface area contributed by atoms with Gasteiger partial charge in [0.05, 0.1) is 12.7 Å². The van der Waals surface area contributed by atoms with E-state index in [4.69, 9.17) is 31.1 Å². The van der Waals surface area contributed by atoms with Crippen LogP contribution >= 0.6 is 11.6 Å². The molecule has 0 fully saturated rings. The maximum atomic E-state index is 14.6. The van der Waals surface area contributed by atoms with Crippen LogP contribution in [0, 0.1) is 31.0 Å². The summed E-state index contributed by atoms with van der Waals surface area (Å²) < 4.78 is 31.3. The molecule has 7 nitrogen and oxygen atoms in total. The molecule has 164 valence electrons. The summed E-state index contributed by atoms with van der Waals surface area (Å²) in [6.45, 7) is 4.88. The van der Waals surface area contributed by atoms with Crippen LogP contribution in [-0.2, 0) is 6.54 Å². The van der Waals surface area contributed by atoms with Gasteiger partial charge in [0.1, 0.15) is 18.4 Å². The molecule has 0 atom stereocenters. The third-order valence-corrected chi connectivity index (χ3v) is 5.57. The number of hydrogen-bond acceptors (Lipinski definition) is 7. The van der Waals surface area contributed by atoms with E-state index in [1.54, 1.807) is 4.90 Å². The predicted molar refractivity (Wildman–Crippen MR) is 117 cm³/mol. The normalized spacial score (nSPS) is 11.8. The van der Waals surface area contributed by atoms with Crippen molar-refractivity contribution in [2.45, 2.75) is 20.4 Å². The summed E-state index contributed by atoms with van der Waals surface area (Å²) in [5.41, 5.74) is 2.70. The topological polar surface area (TPSA) is 80.5 Å². The van der Waals surface area contributed by atoms with Gasteiger partial charge in [-0.3, -0.25) is 0 Å². The molecule has 0 N–H and O–H groups in total. The first-order chi connectivity index (χ1) is 15.4. The molecular formula is C23H20ClFN4O3. The van der Waals surface area contributed by atoms with Crippen molar-refractivity contribution in [3.8, 4) is 23.3 Å². The van der Waals surface area contributed by atoms with Crippen LogP contribution in [-0.4, -0.2) is 29.9 Å². The molecule has 3 aromatic rings. The first-order valence-electron chi connectivity index (χ1n) is 9.90. The Bertz CT molecular complexity index is 1180. The fourth-order valence-electron chi connectivity index (χ4n) is 3.42. The molecule has 0 spiro atoms. The van der Waals surface area contributed by atoms with Gasteiger partial charge in [-0.25, -0.2) is 9.37 Å². The number of anilines is 1. The fraction of sp³-hybridized carbons (Fsp3) is 0.261. The second-order valence-corrected chi connectivity index (χ2v) is 7.68. The summed E-state index contributed by atoms with van der Waals surface area (Å²) in [5.74, 6) is 1.27. The third kappa shape index (κ3) is 4.68. The summed E-state index contributed by atoms with van der Waals surface area (Å²) >= 11 is 6.23. The lowest BCUT2D eigenvalue weighted by Gasteiger charge is -2.24. The minimum absolute atomic E-state index is 0.0290. The van der Waals surface area contributed by atoms with Gasteiger partial charge >= 0.3 is 0 Å². The van der Waals surface area contributed by atoms with Crippen LogP contribution < -0.4 is 19.1 Å². The number of rotatable bonds is 7. The largest absolute Gasteiger partial charge is 0.492 e. The Hall–Kier alpha value is -3.57. The second kappa shape index (κ2) is 9.28. The van der Waals surface area contributed by atoms with Crippen molar-refractivity contribution in [3.05, 3.63) is 69.9 Å². The second-order valence-electron chi connectivity index (χ2n) is 7.31. The summed E-state index contributed by atoms with van der Waals surface area (Å²) in [7, 11) is 0. The zero-order valence-electron chi connectivity index (χ0n) is 17.6. The van der Waals surface area contributed by atoms with E-state index in [2.05, 4.69) is 9.97 Å². The van der Waals surface area contributed by atoms with E-state index in [0.717, 1.165) is 22.9 Å². The Kier molecular flexibility index (Phi) is 6.28. The lowest BCUT2D eigenvalue weighted by atomic mass is 10.1. The van der Waals surface area contributed by atoms with Gasteiger partial charge in [0.2, 0.25) is 12.6 Å². The van der Waals surface area contributed by atoms with Crippen LogP contribution in [0.15, 0.2) is 36.5 Å². The molecule has 0 unspecified atom stereocenters. The maximum absolute atomic E-state index is 14.6. The van der Waals surface area contributed by atoms with Gasteiger partial charge in [0.15, 0.2) is 23.1 Å². The number of benzene rings is 2. The number of nitrogens with zero attached hydrogens (tertiary/aromatic N) is 4. The maximum Gasteiger partial charge on any atom is 0.234 e. The van der Waals surface area contributed by atoms with Gasteiger partial charge in [-0.2, -0.15) is 10.2 Å². The molecule has 1 aromatic heterocycles. The zero-order valence-corrected chi connectivity index (χ0v) is 18.3. The van der Waals surface area contributed by atoms with E-state index >= 15 is 0 Å². The lowest BCUT2D eigenvalue weighted by Crippen LogP contribution is -2.30. The Morgan fingerprint density at radius 2 is 1.94 bits per heavy atom. The first kappa shape index (κ1) is 21.7. The van der Waals surface area contributed by atoms with Crippen LogP contribution in [0.2, 0.25) is 5.02 Å². The Morgan fingerprint density at radius 1 is 1.19 bits per heavy atom. The average molecular weight is 455 g/mol. The molecule has 0 radical (unpaired) electrons. The third-order valence-electron chi connectivity index (χ3n) is 4.98. The molecule has 0 saturated carbocycles. The summed E-state index contributed by atoms with van der Waals surface area (Å²) in [6, 6.07) is 11.1. The summed E-state index contributed by atoms with van der Waals surface area (Å²) in [6.07, 6.45) is 1.00. The van der Waals surface area contributed by atoms with Gasteiger partial charge < -0.3 is 19.1 Å². The number of fused-ring (bicyclic) bond motifs is 1. The minimum atomic E-state index is -0.622. The van der Waals surface area contributed by atoms with Crippen molar-refractivity contribution < 1.29 is 18.6 Å². The molecule has 0 saturated heterocycles. The number of halogens is 2. The highest BCUT2D eigenvalue weighted by molar-refractivity contribution is 6.32. The number of aryl methyl sites for hydroxylation is 2. The van der Waals surface area contributed by atoms with Crippen molar-refractivity contribution >= 4 is 17.4 Å². The molecule has 1 aliphatic rings. The average Bonchev–Trinajstić information content (AvgIpc) is 3.25. The van der Waals surface area contributed by atoms with Crippen LogP contribution in [0.4, 0.5) is 10.2 Å². The number of aromatic nitrogens is 2. The molecule has 0 amide bonds. The molecule has 4 rings (SSSR count). The van der Waals surface area contributed by atoms with Gasteiger partial charge in [-0.15, -0.1) is 0 Å². The van der Waals surface area contributed by atoms with E-state index in [-0.39, 0.29) is 25.0 Å². The molecule has 9 heteroatoms. The SMILES string of the molecule is Cc1cc(OCCN(Cc2ccc3c(c2)OCO3)c2nc(C#N)ncc2F)cc(C)c1Cl. The summed E-state index contributed by atoms with van der Waals surface area (Å²) in [5, 5.41) is 9.85. The van der Waals surface area contributed by atoms with Crippen molar-refractivity contribution in [3.63, 3.8) is 0 Å². The molecule has 0 aliphatic carbocycles. The highest BCUT2D eigenvalue weighted by Crippen LogP contribution is 2.33. The number of hydrogen-bond donors (Lipinski definition) is 0. The Morgan fingerprint density at radius 3 is 2.69 bits per heavy atom. The monoisotopic (exact) mass is 454 g/mol. The fourth-order valence-corrected chi connectivity index (χ4v) is 3.53. The molecule has 1 aliphatic heterocycles. The van der Waals surface area contributed by atoms with Gasteiger partial charge in [0.25, 0.3) is 0 Å². The minimum Gasteiger partial charge on any atom is -0.492 e. The predicted octanol–water partition coefficient (Wildman–Crippen LogP) is 4.57. The molecular weight excluding hydrogens is 435 g/mol. The van der Waals surface area contributed by atoms with Crippen molar-refractivity contribution in [1.29, 1.82) is 5.26 Å².